The Morgan fingerprint density at radius 1 is 1.29 bits per heavy atom. The molecule has 1 N–H and O–H groups in total. The van der Waals surface area contributed by atoms with Crippen LogP contribution in [-0.2, 0) is 0 Å². The third-order valence-electron chi connectivity index (χ3n) is 3.70. The van der Waals surface area contributed by atoms with Crippen molar-refractivity contribution in [3.63, 3.8) is 0 Å². The van der Waals surface area contributed by atoms with Gasteiger partial charge in [0.2, 0.25) is 0 Å². The molecule has 1 aliphatic rings. The fraction of sp³-hybridized carbons (Fsp3) is 0.600. The summed E-state index contributed by atoms with van der Waals surface area (Å²) in [6, 6.07) is 3.43. The number of halogens is 1. The van der Waals surface area contributed by atoms with Crippen LogP contribution in [0.3, 0.4) is 0 Å². The summed E-state index contributed by atoms with van der Waals surface area (Å²) in [7, 11) is 0. The first-order chi connectivity index (χ1) is 10.1. The Morgan fingerprint density at radius 3 is 2.62 bits per heavy atom. The van der Waals surface area contributed by atoms with E-state index in [2.05, 4.69) is 29.0 Å². The van der Waals surface area contributed by atoms with Gasteiger partial charge < -0.3 is 15.1 Å². The van der Waals surface area contributed by atoms with Crippen molar-refractivity contribution in [1.29, 1.82) is 0 Å². The zero-order chi connectivity index (χ0) is 15.2. The smallest absolute Gasteiger partial charge is 0.254 e. The zero-order valence-corrected chi connectivity index (χ0v) is 13.5. The van der Waals surface area contributed by atoms with Crippen LogP contribution in [0.4, 0.5) is 5.82 Å². The average Bonchev–Trinajstić information content (AvgIpc) is 2.51. The van der Waals surface area contributed by atoms with Crippen LogP contribution in [0, 0.1) is 0 Å². The predicted molar refractivity (Wildman–Crippen MR) is 86.0 cm³/mol. The number of rotatable bonds is 5. The first-order valence-corrected chi connectivity index (χ1v) is 7.95. The van der Waals surface area contributed by atoms with Crippen LogP contribution in [0.1, 0.15) is 30.6 Å². The number of amides is 1. The molecule has 6 heteroatoms. The summed E-state index contributed by atoms with van der Waals surface area (Å²) in [5, 5.41) is 3.53. The number of hydrogen-bond acceptors (Lipinski definition) is 4. The number of nitrogens with zero attached hydrogens (tertiary/aromatic N) is 3. The number of nitrogens with one attached hydrogen (secondary N) is 1. The maximum Gasteiger partial charge on any atom is 0.254 e. The number of hydrogen-bond donors (Lipinski definition) is 1. The first-order valence-electron chi connectivity index (χ1n) is 7.57. The van der Waals surface area contributed by atoms with Gasteiger partial charge in [-0.1, -0.05) is 25.4 Å². The monoisotopic (exact) mass is 310 g/mol. The quantitative estimate of drug-likeness (QED) is 0.848. The van der Waals surface area contributed by atoms with Gasteiger partial charge in [-0.25, -0.2) is 4.98 Å². The fourth-order valence-corrected chi connectivity index (χ4v) is 2.62. The van der Waals surface area contributed by atoms with Crippen molar-refractivity contribution in [2.75, 3.05) is 44.6 Å². The van der Waals surface area contributed by atoms with E-state index >= 15 is 0 Å². The van der Waals surface area contributed by atoms with Crippen molar-refractivity contribution in [2.24, 2.45) is 0 Å². The van der Waals surface area contributed by atoms with Gasteiger partial charge >= 0.3 is 0 Å². The van der Waals surface area contributed by atoms with E-state index in [9.17, 15) is 4.79 Å². The highest BCUT2D eigenvalue weighted by atomic mass is 35.5. The summed E-state index contributed by atoms with van der Waals surface area (Å²) in [6.45, 7) is 9.48. The maximum absolute atomic E-state index is 12.6. The zero-order valence-electron chi connectivity index (χ0n) is 12.7. The lowest BCUT2D eigenvalue weighted by Crippen LogP contribution is -2.48. The second-order valence-electron chi connectivity index (χ2n) is 5.22. The molecule has 0 atom stereocenters. The minimum absolute atomic E-state index is 0.0367. The van der Waals surface area contributed by atoms with Crippen molar-refractivity contribution in [3.05, 3.63) is 22.8 Å². The number of pyridine rings is 1. The molecule has 0 spiro atoms. The van der Waals surface area contributed by atoms with Gasteiger partial charge in [0.1, 0.15) is 11.0 Å². The van der Waals surface area contributed by atoms with Gasteiger partial charge in [-0.2, -0.15) is 0 Å². The van der Waals surface area contributed by atoms with E-state index in [1.54, 1.807) is 12.1 Å². The fourth-order valence-electron chi connectivity index (χ4n) is 2.41. The molecule has 1 aromatic heterocycles. The first kappa shape index (κ1) is 16.0. The number of anilines is 1. The summed E-state index contributed by atoms with van der Waals surface area (Å²) in [6.07, 6.45) is 0.996. The molecule has 1 aromatic rings. The second-order valence-corrected chi connectivity index (χ2v) is 5.60. The van der Waals surface area contributed by atoms with Crippen LogP contribution in [-0.4, -0.2) is 60.0 Å². The van der Waals surface area contributed by atoms with E-state index in [1.807, 2.05) is 4.90 Å². The normalized spacial score (nSPS) is 16.0. The highest BCUT2D eigenvalue weighted by Crippen LogP contribution is 2.17. The predicted octanol–water partition coefficient (Wildman–Crippen LogP) is 2.33. The van der Waals surface area contributed by atoms with Crippen molar-refractivity contribution in [1.82, 2.24) is 14.8 Å². The maximum atomic E-state index is 12.6. The lowest BCUT2D eigenvalue weighted by atomic mass is 10.2. The molecular weight excluding hydrogens is 288 g/mol. The Hall–Kier alpha value is -1.33. The number of aromatic nitrogens is 1. The Labute approximate surface area is 131 Å². The summed E-state index contributed by atoms with van der Waals surface area (Å²) < 4.78 is 0. The van der Waals surface area contributed by atoms with Crippen molar-refractivity contribution < 1.29 is 4.79 Å². The molecule has 1 amide bonds. The molecule has 116 valence electrons. The van der Waals surface area contributed by atoms with E-state index < -0.39 is 0 Å². The Bertz CT molecular complexity index is 487. The van der Waals surface area contributed by atoms with E-state index in [4.69, 9.17) is 11.6 Å². The standard InChI is InChI=1S/C15H23ClN4O/c1-3-5-17-14-11-12(10-13(16)18-14)15(21)20-8-6-19(4-2)7-9-20/h10-11H,3-9H2,1-2H3,(H,17,18). The van der Waals surface area contributed by atoms with E-state index in [0.717, 1.165) is 45.7 Å². The summed E-state index contributed by atoms with van der Waals surface area (Å²) >= 11 is 6.03. The molecule has 0 bridgehead atoms. The Kier molecular flexibility index (Phi) is 5.82. The van der Waals surface area contributed by atoms with Gasteiger partial charge in [0, 0.05) is 38.3 Å². The average molecular weight is 311 g/mol. The summed E-state index contributed by atoms with van der Waals surface area (Å²) in [5.41, 5.74) is 0.610. The molecule has 1 fully saturated rings. The van der Waals surface area contributed by atoms with Gasteiger partial charge in [-0.15, -0.1) is 0 Å². The Balaban J connectivity index is 2.06. The van der Waals surface area contributed by atoms with Crippen LogP contribution < -0.4 is 5.32 Å². The lowest BCUT2D eigenvalue weighted by molar-refractivity contribution is 0.0643. The molecule has 5 nitrogen and oxygen atoms in total. The van der Waals surface area contributed by atoms with E-state index in [1.165, 1.54) is 0 Å². The molecule has 21 heavy (non-hydrogen) atoms. The molecule has 1 aliphatic heterocycles. The van der Waals surface area contributed by atoms with Gasteiger partial charge in [0.05, 0.1) is 0 Å². The number of likely N-dealkylation sites (N-methyl/N-ethyl adjacent to an activating group) is 1. The lowest BCUT2D eigenvalue weighted by Gasteiger charge is -2.34. The number of carbonyl (C=O) groups is 1. The van der Waals surface area contributed by atoms with Crippen molar-refractivity contribution in [3.8, 4) is 0 Å². The third kappa shape index (κ3) is 4.32. The van der Waals surface area contributed by atoms with E-state index in [0.29, 0.717) is 16.5 Å². The van der Waals surface area contributed by atoms with Crippen LogP contribution in [0.5, 0.6) is 0 Å². The summed E-state index contributed by atoms with van der Waals surface area (Å²) in [5.74, 6) is 0.703. The highest BCUT2D eigenvalue weighted by Gasteiger charge is 2.22. The van der Waals surface area contributed by atoms with Gasteiger partial charge in [-0.3, -0.25) is 4.79 Å². The largest absolute Gasteiger partial charge is 0.370 e. The van der Waals surface area contributed by atoms with Crippen LogP contribution >= 0.6 is 11.6 Å². The molecule has 1 saturated heterocycles. The third-order valence-corrected chi connectivity index (χ3v) is 3.90. The van der Waals surface area contributed by atoms with Gasteiger partial charge in [-0.05, 0) is 25.1 Å². The van der Waals surface area contributed by atoms with Crippen molar-refractivity contribution >= 4 is 23.3 Å². The topological polar surface area (TPSA) is 48.5 Å². The number of piperazine rings is 1. The second kappa shape index (κ2) is 7.61. The molecule has 2 rings (SSSR count). The van der Waals surface area contributed by atoms with Crippen molar-refractivity contribution in [2.45, 2.75) is 20.3 Å². The van der Waals surface area contributed by atoms with Gasteiger partial charge in [0.25, 0.3) is 5.91 Å². The molecule has 0 unspecified atom stereocenters. The Morgan fingerprint density at radius 2 is 2.00 bits per heavy atom. The minimum atomic E-state index is 0.0367. The molecule has 2 heterocycles. The number of carbonyl (C=O) groups excluding carboxylic acids is 1. The SMILES string of the molecule is CCCNc1cc(C(=O)N2CCN(CC)CC2)cc(Cl)n1. The van der Waals surface area contributed by atoms with E-state index in [-0.39, 0.29) is 5.91 Å². The molecule has 0 saturated carbocycles. The van der Waals surface area contributed by atoms with Crippen LogP contribution in [0.2, 0.25) is 5.15 Å². The molecule has 0 aromatic carbocycles. The molecular formula is C15H23ClN4O. The van der Waals surface area contributed by atoms with Crippen LogP contribution in [0.25, 0.3) is 0 Å². The molecule has 0 aliphatic carbocycles. The summed E-state index contributed by atoms with van der Waals surface area (Å²) in [4.78, 5) is 21.0. The van der Waals surface area contributed by atoms with Gasteiger partial charge in [0.15, 0.2) is 0 Å². The molecule has 0 radical (unpaired) electrons. The van der Waals surface area contributed by atoms with Crippen LogP contribution in [0.15, 0.2) is 12.1 Å². The minimum Gasteiger partial charge on any atom is -0.370 e. The highest BCUT2D eigenvalue weighted by molar-refractivity contribution is 6.29.